The van der Waals surface area contributed by atoms with Crippen molar-refractivity contribution in [2.45, 2.75) is 38.5 Å². The highest BCUT2D eigenvalue weighted by atomic mass is 19.1. The number of ether oxygens (including phenoxy) is 1. The van der Waals surface area contributed by atoms with E-state index in [0.717, 1.165) is 5.56 Å². The van der Waals surface area contributed by atoms with E-state index in [1.165, 1.54) is 31.2 Å². The maximum Gasteiger partial charge on any atom is 0.168 e. The topological polar surface area (TPSA) is 9.23 Å². The summed E-state index contributed by atoms with van der Waals surface area (Å²) < 4.78 is 19.5. The normalized spacial score (nSPS) is 19.9. The standard InChI is InChI=1S/C14H17FO/c1-9-12(11-4-5-11)6-7-13(14(9)15)16-8-10-2-3-10/h6-7,10-11H,2-5,8H2,1H3. The van der Waals surface area contributed by atoms with Crippen LogP contribution in [0, 0.1) is 18.7 Å². The zero-order valence-corrected chi connectivity index (χ0v) is 9.63. The Morgan fingerprint density at radius 2 is 2.00 bits per heavy atom. The van der Waals surface area contributed by atoms with Crippen molar-refractivity contribution in [3.8, 4) is 5.75 Å². The van der Waals surface area contributed by atoms with E-state index in [2.05, 4.69) is 0 Å². The fraction of sp³-hybridized carbons (Fsp3) is 0.571. The molecule has 0 bridgehead atoms. The Balaban J connectivity index is 1.79. The molecule has 0 saturated heterocycles. The first kappa shape index (κ1) is 10.1. The first-order valence-electron chi connectivity index (χ1n) is 6.17. The maximum atomic E-state index is 14.0. The summed E-state index contributed by atoms with van der Waals surface area (Å²) in [4.78, 5) is 0. The Labute approximate surface area is 95.6 Å². The lowest BCUT2D eigenvalue weighted by molar-refractivity contribution is 0.284. The molecule has 0 aliphatic heterocycles. The first-order chi connectivity index (χ1) is 7.75. The van der Waals surface area contributed by atoms with Gasteiger partial charge in [0, 0.05) is 0 Å². The van der Waals surface area contributed by atoms with E-state index < -0.39 is 0 Å². The Kier molecular flexibility index (Phi) is 2.38. The van der Waals surface area contributed by atoms with Gasteiger partial charge < -0.3 is 4.74 Å². The molecular formula is C14H17FO. The SMILES string of the molecule is Cc1c(C2CC2)ccc(OCC2CC2)c1F. The number of hydrogen-bond donors (Lipinski definition) is 0. The summed E-state index contributed by atoms with van der Waals surface area (Å²) in [7, 11) is 0. The molecule has 0 amide bonds. The van der Waals surface area contributed by atoms with Crippen molar-refractivity contribution in [3.63, 3.8) is 0 Å². The van der Waals surface area contributed by atoms with Gasteiger partial charge in [-0.3, -0.25) is 0 Å². The molecule has 0 unspecified atom stereocenters. The van der Waals surface area contributed by atoms with E-state index in [-0.39, 0.29) is 5.82 Å². The molecule has 0 radical (unpaired) electrons. The Morgan fingerprint density at radius 1 is 1.25 bits per heavy atom. The predicted molar refractivity (Wildman–Crippen MR) is 61.3 cm³/mol. The van der Waals surface area contributed by atoms with Crippen LogP contribution in [0.5, 0.6) is 5.75 Å². The summed E-state index contributed by atoms with van der Waals surface area (Å²) in [5, 5.41) is 0. The Bertz CT molecular complexity index is 405. The molecule has 0 heterocycles. The fourth-order valence-electron chi connectivity index (χ4n) is 2.12. The molecular weight excluding hydrogens is 203 g/mol. The minimum Gasteiger partial charge on any atom is -0.490 e. The Morgan fingerprint density at radius 3 is 2.62 bits per heavy atom. The molecule has 2 heteroatoms. The molecule has 16 heavy (non-hydrogen) atoms. The summed E-state index contributed by atoms with van der Waals surface area (Å²) in [6.07, 6.45) is 4.90. The molecule has 0 spiro atoms. The van der Waals surface area contributed by atoms with Crippen molar-refractivity contribution in [2.75, 3.05) is 6.61 Å². The third kappa shape index (κ3) is 1.93. The van der Waals surface area contributed by atoms with Crippen LogP contribution in [-0.4, -0.2) is 6.61 Å². The van der Waals surface area contributed by atoms with Gasteiger partial charge in [0.1, 0.15) is 0 Å². The minimum atomic E-state index is -0.148. The van der Waals surface area contributed by atoms with E-state index in [9.17, 15) is 4.39 Å². The van der Waals surface area contributed by atoms with Crippen molar-refractivity contribution in [2.24, 2.45) is 5.92 Å². The van der Waals surface area contributed by atoms with Gasteiger partial charge in [0.25, 0.3) is 0 Å². The monoisotopic (exact) mass is 220 g/mol. The quantitative estimate of drug-likeness (QED) is 0.750. The van der Waals surface area contributed by atoms with Gasteiger partial charge in [0.2, 0.25) is 0 Å². The largest absolute Gasteiger partial charge is 0.490 e. The van der Waals surface area contributed by atoms with Crippen molar-refractivity contribution in [1.82, 2.24) is 0 Å². The number of benzene rings is 1. The van der Waals surface area contributed by atoms with Crippen LogP contribution in [0.15, 0.2) is 12.1 Å². The van der Waals surface area contributed by atoms with E-state index >= 15 is 0 Å². The van der Waals surface area contributed by atoms with E-state index in [1.807, 2.05) is 13.0 Å². The van der Waals surface area contributed by atoms with Crippen LogP contribution in [-0.2, 0) is 0 Å². The molecule has 0 atom stereocenters. The van der Waals surface area contributed by atoms with Crippen LogP contribution in [0.25, 0.3) is 0 Å². The van der Waals surface area contributed by atoms with Gasteiger partial charge in [0.15, 0.2) is 11.6 Å². The first-order valence-corrected chi connectivity index (χ1v) is 6.17. The maximum absolute atomic E-state index is 14.0. The van der Waals surface area contributed by atoms with Crippen LogP contribution in [0.1, 0.15) is 42.7 Å². The molecule has 0 aromatic heterocycles. The molecule has 2 saturated carbocycles. The fourth-order valence-corrected chi connectivity index (χ4v) is 2.12. The van der Waals surface area contributed by atoms with Gasteiger partial charge in [-0.2, -0.15) is 0 Å². The second kappa shape index (κ2) is 3.76. The highest BCUT2D eigenvalue weighted by Gasteiger charge is 2.27. The van der Waals surface area contributed by atoms with Crippen LogP contribution >= 0.6 is 0 Å². The molecule has 0 N–H and O–H groups in total. The number of rotatable bonds is 4. The molecule has 1 nitrogen and oxygen atoms in total. The summed E-state index contributed by atoms with van der Waals surface area (Å²) in [5.41, 5.74) is 1.96. The zero-order chi connectivity index (χ0) is 11.1. The zero-order valence-electron chi connectivity index (χ0n) is 9.63. The summed E-state index contributed by atoms with van der Waals surface area (Å²) >= 11 is 0. The van der Waals surface area contributed by atoms with Gasteiger partial charge in [0.05, 0.1) is 6.61 Å². The van der Waals surface area contributed by atoms with E-state index in [4.69, 9.17) is 4.74 Å². The van der Waals surface area contributed by atoms with Crippen molar-refractivity contribution in [3.05, 3.63) is 29.1 Å². The molecule has 3 rings (SSSR count). The molecule has 2 fully saturated rings. The van der Waals surface area contributed by atoms with Gasteiger partial charge >= 0.3 is 0 Å². The van der Waals surface area contributed by atoms with Gasteiger partial charge in [-0.1, -0.05) is 6.07 Å². The molecule has 2 aliphatic carbocycles. The lowest BCUT2D eigenvalue weighted by Gasteiger charge is -2.11. The lowest BCUT2D eigenvalue weighted by Crippen LogP contribution is -2.03. The third-order valence-electron chi connectivity index (χ3n) is 3.58. The van der Waals surface area contributed by atoms with Crippen LogP contribution in [0.2, 0.25) is 0 Å². The number of halogens is 1. The highest BCUT2D eigenvalue weighted by molar-refractivity contribution is 5.40. The summed E-state index contributed by atoms with van der Waals surface area (Å²) in [6.45, 7) is 2.55. The highest BCUT2D eigenvalue weighted by Crippen LogP contribution is 2.43. The smallest absolute Gasteiger partial charge is 0.168 e. The van der Waals surface area contributed by atoms with Gasteiger partial charge in [-0.05, 0) is 61.6 Å². The van der Waals surface area contributed by atoms with Gasteiger partial charge in [-0.15, -0.1) is 0 Å². The van der Waals surface area contributed by atoms with E-state index in [0.29, 0.717) is 24.2 Å². The molecule has 86 valence electrons. The summed E-state index contributed by atoms with van der Waals surface area (Å²) in [5.74, 6) is 1.56. The second-order valence-electron chi connectivity index (χ2n) is 5.12. The number of hydrogen-bond acceptors (Lipinski definition) is 1. The second-order valence-corrected chi connectivity index (χ2v) is 5.12. The molecule has 1 aromatic rings. The summed E-state index contributed by atoms with van der Waals surface area (Å²) in [6, 6.07) is 3.84. The van der Waals surface area contributed by atoms with Crippen LogP contribution in [0.3, 0.4) is 0 Å². The van der Waals surface area contributed by atoms with Crippen molar-refractivity contribution >= 4 is 0 Å². The minimum absolute atomic E-state index is 0.148. The third-order valence-corrected chi connectivity index (χ3v) is 3.58. The van der Waals surface area contributed by atoms with Crippen molar-refractivity contribution in [1.29, 1.82) is 0 Å². The van der Waals surface area contributed by atoms with Crippen molar-refractivity contribution < 1.29 is 9.13 Å². The molecule has 2 aliphatic rings. The van der Waals surface area contributed by atoms with E-state index in [1.54, 1.807) is 6.07 Å². The van der Waals surface area contributed by atoms with Crippen LogP contribution in [0.4, 0.5) is 4.39 Å². The van der Waals surface area contributed by atoms with Crippen LogP contribution < -0.4 is 4.74 Å². The molecule has 1 aromatic carbocycles. The lowest BCUT2D eigenvalue weighted by atomic mass is 10.0. The van der Waals surface area contributed by atoms with Gasteiger partial charge in [-0.25, -0.2) is 4.39 Å². The average molecular weight is 220 g/mol. The predicted octanol–water partition coefficient (Wildman–Crippen LogP) is 3.80. The average Bonchev–Trinajstić information content (AvgIpc) is 3.14. The Hall–Kier alpha value is -1.05.